The van der Waals surface area contributed by atoms with Crippen molar-refractivity contribution in [3.8, 4) is 23.3 Å². The number of ether oxygens (including phenoxy) is 1. The molecule has 1 aromatic heterocycles. The van der Waals surface area contributed by atoms with Crippen molar-refractivity contribution in [2.24, 2.45) is 0 Å². The van der Waals surface area contributed by atoms with Crippen LogP contribution in [-0.4, -0.2) is 33.3 Å². The highest BCUT2D eigenvalue weighted by Crippen LogP contribution is 2.31. The van der Waals surface area contributed by atoms with Gasteiger partial charge in [0.15, 0.2) is 11.4 Å². The van der Waals surface area contributed by atoms with Crippen LogP contribution in [0.2, 0.25) is 0 Å². The molecule has 3 rings (SSSR count). The zero-order valence-electron chi connectivity index (χ0n) is 13.6. The zero-order chi connectivity index (χ0) is 18.7. The van der Waals surface area contributed by atoms with Gasteiger partial charge in [0.25, 0.3) is 0 Å². The molecule has 0 saturated heterocycles. The highest BCUT2D eigenvalue weighted by Gasteiger charge is 2.31. The first-order chi connectivity index (χ1) is 12.5. The monoisotopic (exact) mass is 358 g/mol. The SMILES string of the molecule is N#Cc1cccc(-c2nc(N)c(C(=O)OF)c(OC3CCCC3O)n2)c1. The summed E-state index contributed by atoms with van der Waals surface area (Å²) in [5, 5.41) is 18.9. The fourth-order valence-electron chi connectivity index (χ4n) is 2.82. The second kappa shape index (κ2) is 7.33. The largest absolute Gasteiger partial charge is 0.471 e. The number of halogens is 1. The lowest BCUT2D eigenvalue weighted by Crippen LogP contribution is -2.27. The van der Waals surface area contributed by atoms with Crippen molar-refractivity contribution in [2.75, 3.05) is 5.73 Å². The van der Waals surface area contributed by atoms with Crippen LogP contribution in [0.3, 0.4) is 0 Å². The van der Waals surface area contributed by atoms with E-state index >= 15 is 0 Å². The lowest BCUT2D eigenvalue weighted by molar-refractivity contribution is -0.0792. The first-order valence-electron chi connectivity index (χ1n) is 7.89. The molecule has 1 saturated carbocycles. The molecule has 1 aliphatic rings. The molecule has 1 heterocycles. The number of nitriles is 1. The standard InChI is InChI=1S/C17H15FN4O4/c18-26-17(24)13-14(20)21-15(10-4-1-3-9(7-10)8-19)22-16(13)25-12-6-2-5-11(12)23/h1,3-4,7,11-12,23H,2,5-6H2,(H2,20,21,22). The normalized spacial score (nSPS) is 19.0. The number of aliphatic hydroxyl groups excluding tert-OH is 1. The molecule has 8 nitrogen and oxygen atoms in total. The topological polar surface area (TPSA) is 131 Å². The Kier molecular flexibility index (Phi) is 4.95. The van der Waals surface area contributed by atoms with Crippen molar-refractivity contribution in [2.45, 2.75) is 31.5 Å². The predicted octanol–water partition coefficient (Wildman–Crippen LogP) is 1.93. The highest BCUT2D eigenvalue weighted by molar-refractivity contribution is 5.96. The molecule has 1 aromatic carbocycles. The Bertz CT molecular complexity index is 884. The molecule has 2 unspecified atom stereocenters. The molecule has 1 fully saturated rings. The maximum absolute atomic E-state index is 12.4. The van der Waals surface area contributed by atoms with Crippen molar-refractivity contribution in [1.29, 1.82) is 5.26 Å². The molecule has 0 spiro atoms. The summed E-state index contributed by atoms with van der Waals surface area (Å²) in [6, 6.07) is 8.42. The summed E-state index contributed by atoms with van der Waals surface area (Å²) in [4.78, 5) is 23.1. The van der Waals surface area contributed by atoms with Crippen molar-refractivity contribution < 1.29 is 24.1 Å². The molecule has 2 atom stereocenters. The van der Waals surface area contributed by atoms with E-state index in [1.807, 2.05) is 6.07 Å². The minimum Gasteiger partial charge on any atom is -0.471 e. The molecule has 0 bridgehead atoms. The predicted molar refractivity (Wildman–Crippen MR) is 87.4 cm³/mol. The van der Waals surface area contributed by atoms with Gasteiger partial charge in [-0.25, -0.2) is 14.7 Å². The fraction of sp³-hybridized carbons (Fsp3) is 0.294. The van der Waals surface area contributed by atoms with Crippen molar-refractivity contribution >= 4 is 11.8 Å². The smallest absolute Gasteiger partial charge is 0.388 e. The molecule has 0 amide bonds. The summed E-state index contributed by atoms with van der Waals surface area (Å²) >= 11 is 0. The number of nitrogen functional groups attached to an aromatic ring is 1. The van der Waals surface area contributed by atoms with Crippen molar-refractivity contribution in [1.82, 2.24) is 9.97 Å². The van der Waals surface area contributed by atoms with Gasteiger partial charge in [-0.2, -0.15) is 10.2 Å². The van der Waals surface area contributed by atoms with E-state index in [4.69, 9.17) is 15.7 Å². The van der Waals surface area contributed by atoms with Crippen LogP contribution in [0.1, 0.15) is 35.2 Å². The number of carbonyl (C=O) groups excluding carboxylic acids is 1. The summed E-state index contributed by atoms with van der Waals surface area (Å²) in [5.41, 5.74) is 6.18. The van der Waals surface area contributed by atoms with Crippen LogP contribution in [0.25, 0.3) is 11.4 Å². The van der Waals surface area contributed by atoms with Gasteiger partial charge < -0.3 is 15.6 Å². The van der Waals surface area contributed by atoms with E-state index in [0.717, 1.165) is 6.42 Å². The number of hydrogen-bond donors (Lipinski definition) is 2. The van der Waals surface area contributed by atoms with Crippen LogP contribution in [0, 0.1) is 11.3 Å². The Labute approximate surface area is 147 Å². The number of rotatable bonds is 4. The molecule has 1 aliphatic carbocycles. The number of benzene rings is 1. The minimum absolute atomic E-state index is 0.0949. The van der Waals surface area contributed by atoms with E-state index in [1.165, 1.54) is 6.07 Å². The van der Waals surface area contributed by atoms with Gasteiger partial charge in [-0.1, -0.05) is 12.1 Å². The first-order valence-corrected chi connectivity index (χ1v) is 7.89. The Morgan fingerprint density at radius 2 is 2.19 bits per heavy atom. The number of aromatic nitrogens is 2. The van der Waals surface area contributed by atoms with Gasteiger partial charge in [0, 0.05) is 10.1 Å². The quantitative estimate of drug-likeness (QED) is 0.847. The van der Waals surface area contributed by atoms with E-state index < -0.39 is 23.7 Å². The lowest BCUT2D eigenvalue weighted by atomic mass is 10.1. The Balaban J connectivity index is 2.07. The van der Waals surface area contributed by atoms with Gasteiger partial charge in [-0.05, 0) is 31.4 Å². The first kappa shape index (κ1) is 17.6. The van der Waals surface area contributed by atoms with E-state index in [9.17, 15) is 14.4 Å². The van der Waals surface area contributed by atoms with E-state index in [1.54, 1.807) is 18.2 Å². The van der Waals surface area contributed by atoms with E-state index in [-0.39, 0.29) is 17.5 Å². The van der Waals surface area contributed by atoms with Crippen LogP contribution in [-0.2, 0) is 4.94 Å². The number of hydrogen-bond acceptors (Lipinski definition) is 8. The zero-order valence-corrected chi connectivity index (χ0v) is 13.6. The number of nitrogens with zero attached hydrogens (tertiary/aromatic N) is 3. The van der Waals surface area contributed by atoms with Crippen LogP contribution in [0.5, 0.6) is 5.88 Å². The van der Waals surface area contributed by atoms with Gasteiger partial charge in [0.05, 0.1) is 17.7 Å². The van der Waals surface area contributed by atoms with Crippen LogP contribution in [0.15, 0.2) is 24.3 Å². The molecule has 0 aliphatic heterocycles. The molecule has 134 valence electrons. The average Bonchev–Trinajstić information content (AvgIpc) is 3.05. The third-order valence-corrected chi connectivity index (χ3v) is 4.11. The molecule has 26 heavy (non-hydrogen) atoms. The van der Waals surface area contributed by atoms with Gasteiger partial charge in [0.2, 0.25) is 5.88 Å². The van der Waals surface area contributed by atoms with Gasteiger partial charge in [0.1, 0.15) is 11.9 Å². The van der Waals surface area contributed by atoms with Gasteiger partial charge >= 0.3 is 5.97 Å². The third-order valence-electron chi connectivity index (χ3n) is 4.11. The Morgan fingerprint density at radius 3 is 2.85 bits per heavy atom. The fourth-order valence-corrected chi connectivity index (χ4v) is 2.82. The van der Waals surface area contributed by atoms with Crippen LogP contribution in [0.4, 0.5) is 10.3 Å². The van der Waals surface area contributed by atoms with Gasteiger partial charge in [-0.15, -0.1) is 0 Å². The summed E-state index contributed by atoms with van der Waals surface area (Å²) in [6.45, 7) is 0. The molecule has 9 heteroatoms. The summed E-state index contributed by atoms with van der Waals surface area (Å²) < 4.78 is 18.1. The van der Waals surface area contributed by atoms with Crippen LogP contribution >= 0.6 is 0 Å². The minimum atomic E-state index is -1.39. The second-order valence-electron chi connectivity index (χ2n) is 5.82. The lowest BCUT2D eigenvalue weighted by Gasteiger charge is -2.18. The number of nitrogens with two attached hydrogens (primary N) is 1. The Morgan fingerprint density at radius 1 is 1.38 bits per heavy atom. The van der Waals surface area contributed by atoms with Crippen LogP contribution < -0.4 is 10.5 Å². The van der Waals surface area contributed by atoms with E-state index in [2.05, 4.69) is 14.9 Å². The van der Waals surface area contributed by atoms with E-state index in [0.29, 0.717) is 24.0 Å². The average molecular weight is 358 g/mol. The molecule has 2 aromatic rings. The van der Waals surface area contributed by atoms with Crippen molar-refractivity contribution in [3.05, 3.63) is 35.4 Å². The summed E-state index contributed by atoms with van der Waals surface area (Å²) in [5.74, 6) is -1.90. The maximum atomic E-state index is 12.4. The van der Waals surface area contributed by atoms with Gasteiger partial charge in [-0.3, -0.25) is 0 Å². The summed E-state index contributed by atoms with van der Waals surface area (Å²) in [6.07, 6.45) is 0.506. The Hall–Kier alpha value is -3.25. The second-order valence-corrected chi connectivity index (χ2v) is 5.82. The molecular formula is C17H15FN4O4. The number of carbonyl (C=O) groups is 1. The van der Waals surface area contributed by atoms with Crippen molar-refractivity contribution in [3.63, 3.8) is 0 Å². The molecular weight excluding hydrogens is 343 g/mol. The molecule has 3 N–H and O–H groups in total. The summed E-state index contributed by atoms with van der Waals surface area (Å²) in [7, 11) is 0. The number of aliphatic hydroxyl groups is 1. The highest BCUT2D eigenvalue weighted by atomic mass is 19.3. The maximum Gasteiger partial charge on any atom is 0.388 e. The number of anilines is 1. The molecule has 0 radical (unpaired) electrons. The third kappa shape index (κ3) is 3.41.